The standard InChI is InChI=1S/C24H29N5O2S/c1-5-8-20-26-27-24-29(20)28-21(17-11-13-18(14-12-17)31-6-2)22(32-24)23(30)25-19-10-7-9-15(3)16(19)4/h7,9-14,21-22,28H,5-6,8H2,1-4H3,(H,25,30)/t21-,22-/m1/s1. The monoisotopic (exact) mass is 451 g/mol. The Balaban J connectivity index is 1.66. The van der Waals surface area contributed by atoms with Crippen molar-refractivity contribution in [2.45, 2.75) is 57.0 Å². The molecule has 2 atom stereocenters. The van der Waals surface area contributed by atoms with Crippen molar-refractivity contribution in [1.29, 1.82) is 0 Å². The lowest BCUT2D eigenvalue weighted by atomic mass is 10.0. The molecule has 1 aromatic heterocycles. The number of hydrogen-bond acceptors (Lipinski definition) is 6. The molecular formula is C24H29N5O2S. The van der Waals surface area contributed by atoms with Gasteiger partial charge in [-0.2, -0.15) is 0 Å². The van der Waals surface area contributed by atoms with Crippen LogP contribution < -0.4 is 15.5 Å². The van der Waals surface area contributed by atoms with Gasteiger partial charge in [-0.05, 0) is 62.1 Å². The number of benzene rings is 2. The first-order valence-corrected chi connectivity index (χ1v) is 11.9. The third-order valence-electron chi connectivity index (χ3n) is 5.65. The van der Waals surface area contributed by atoms with Crippen molar-refractivity contribution in [3.63, 3.8) is 0 Å². The van der Waals surface area contributed by atoms with Crippen LogP contribution in [-0.4, -0.2) is 32.6 Å². The second-order valence-electron chi connectivity index (χ2n) is 7.87. The number of amides is 1. The van der Waals surface area contributed by atoms with Crippen molar-refractivity contribution >= 4 is 23.4 Å². The Morgan fingerprint density at radius 1 is 1.16 bits per heavy atom. The van der Waals surface area contributed by atoms with Crippen LogP contribution >= 0.6 is 11.8 Å². The van der Waals surface area contributed by atoms with Gasteiger partial charge in [0.25, 0.3) is 0 Å². The fourth-order valence-electron chi connectivity index (χ4n) is 3.76. The van der Waals surface area contributed by atoms with E-state index in [0.29, 0.717) is 11.8 Å². The van der Waals surface area contributed by atoms with Crippen LogP contribution in [0.5, 0.6) is 5.75 Å². The molecule has 0 aliphatic carbocycles. The first-order valence-electron chi connectivity index (χ1n) is 11.0. The fraction of sp³-hybridized carbons (Fsp3) is 0.375. The van der Waals surface area contributed by atoms with E-state index >= 15 is 0 Å². The van der Waals surface area contributed by atoms with E-state index in [1.54, 1.807) is 0 Å². The molecule has 0 unspecified atom stereocenters. The quantitative estimate of drug-likeness (QED) is 0.545. The minimum atomic E-state index is -0.418. The number of aryl methyl sites for hydroxylation is 2. The highest BCUT2D eigenvalue weighted by Crippen LogP contribution is 2.38. The zero-order chi connectivity index (χ0) is 22.7. The number of hydrogen-bond donors (Lipinski definition) is 2. The lowest BCUT2D eigenvalue weighted by molar-refractivity contribution is -0.116. The second kappa shape index (κ2) is 9.65. The van der Waals surface area contributed by atoms with Gasteiger partial charge in [-0.25, -0.2) is 4.68 Å². The van der Waals surface area contributed by atoms with Gasteiger partial charge in [0.2, 0.25) is 11.1 Å². The van der Waals surface area contributed by atoms with Crippen LogP contribution in [0.2, 0.25) is 0 Å². The third kappa shape index (κ3) is 4.46. The highest BCUT2D eigenvalue weighted by molar-refractivity contribution is 8.00. The summed E-state index contributed by atoms with van der Waals surface area (Å²) in [5, 5.41) is 12.1. The molecular weight excluding hydrogens is 422 g/mol. The summed E-state index contributed by atoms with van der Waals surface area (Å²) in [5.41, 5.74) is 7.56. The Kier molecular flexibility index (Phi) is 6.69. The minimum Gasteiger partial charge on any atom is -0.494 e. The highest BCUT2D eigenvalue weighted by Gasteiger charge is 2.38. The summed E-state index contributed by atoms with van der Waals surface area (Å²) in [4.78, 5) is 13.5. The molecule has 0 radical (unpaired) electrons. The van der Waals surface area contributed by atoms with Crippen LogP contribution in [0.3, 0.4) is 0 Å². The number of fused-ring (bicyclic) bond motifs is 1. The molecule has 2 heterocycles. The maximum absolute atomic E-state index is 13.5. The summed E-state index contributed by atoms with van der Waals surface area (Å²) in [6.07, 6.45) is 1.78. The van der Waals surface area contributed by atoms with Gasteiger partial charge in [0.1, 0.15) is 11.0 Å². The minimum absolute atomic E-state index is 0.0682. The fourth-order valence-corrected chi connectivity index (χ4v) is 4.86. The predicted octanol–water partition coefficient (Wildman–Crippen LogP) is 4.64. The molecule has 0 saturated heterocycles. The van der Waals surface area contributed by atoms with E-state index in [1.807, 2.05) is 67.9 Å². The third-order valence-corrected chi connectivity index (χ3v) is 6.86. The number of carbonyl (C=O) groups is 1. The molecule has 1 amide bonds. The van der Waals surface area contributed by atoms with E-state index in [2.05, 4.69) is 27.9 Å². The molecule has 3 aromatic rings. The molecule has 0 saturated carbocycles. The van der Waals surface area contributed by atoms with Crippen molar-refractivity contribution in [3.05, 3.63) is 65.0 Å². The molecule has 0 bridgehead atoms. The Bertz CT molecular complexity index is 1100. The molecule has 4 rings (SSSR count). The molecule has 7 nitrogen and oxygen atoms in total. The Morgan fingerprint density at radius 3 is 2.66 bits per heavy atom. The molecule has 0 spiro atoms. The SMILES string of the molecule is CCCc1nnc2n1N[C@H](c1ccc(OCC)cc1)[C@H](C(=O)Nc1cccc(C)c1C)S2. The van der Waals surface area contributed by atoms with E-state index < -0.39 is 5.25 Å². The van der Waals surface area contributed by atoms with Crippen molar-refractivity contribution in [3.8, 4) is 5.75 Å². The molecule has 168 valence electrons. The van der Waals surface area contributed by atoms with E-state index in [1.165, 1.54) is 11.8 Å². The van der Waals surface area contributed by atoms with Gasteiger partial charge in [0.05, 0.1) is 12.6 Å². The molecule has 2 aromatic carbocycles. The second-order valence-corrected chi connectivity index (χ2v) is 8.98. The van der Waals surface area contributed by atoms with E-state index in [4.69, 9.17) is 4.74 Å². The molecule has 32 heavy (non-hydrogen) atoms. The zero-order valence-corrected chi connectivity index (χ0v) is 19.7. The summed E-state index contributed by atoms with van der Waals surface area (Å²) < 4.78 is 7.52. The van der Waals surface area contributed by atoms with Crippen molar-refractivity contribution < 1.29 is 9.53 Å². The summed E-state index contributed by atoms with van der Waals surface area (Å²) in [7, 11) is 0. The molecule has 2 N–H and O–H groups in total. The Labute approximate surface area is 192 Å². The smallest absolute Gasteiger partial charge is 0.240 e. The Hall–Kier alpha value is -3.00. The Morgan fingerprint density at radius 2 is 1.94 bits per heavy atom. The molecule has 0 fully saturated rings. The summed E-state index contributed by atoms with van der Waals surface area (Å²) in [5.74, 6) is 1.62. The van der Waals surface area contributed by atoms with Gasteiger partial charge in [0.15, 0.2) is 5.82 Å². The maximum atomic E-state index is 13.5. The normalized spacial score (nSPS) is 17.4. The first-order chi connectivity index (χ1) is 15.5. The van der Waals surface area contributed by atoms with Crippen LogP contribution in [-0.2, 0) is 11.2 Å². The highest BCUT2D eigenvalue weighted by atomic mass is 32.2. The lowest BCUT2D eigenvalue weighted by Gasteiger charge is -2.33. The number of anilines is 1. The van der Waals surface area contributed by atoms with E-state index in [-0.39, 0.29) is 11.9 Å². The number of aromatic nitrogens is 3. The number of nitrogens with zero attached hydrogens (tertiary/aromatic N) is 3. The average molecular weight is 452 g/mol. The number of carbonyl (C=O) groups excluding carboxylic acids is 1. The van der Waals surface area contributed by atoms with Crippen molar-refractivity contribution in [1.82, 2.24) is 14.9 Å². The molecule has 1 aliphatic rings. The van der Waals surface area contributed by atoms with Gasteiger partial charge >= 0.3 is 0 Å². The average Bonchev–Trinajstić information content (AvgIpc) is 3.19. The number of rotatable bonds is 7. The van der Waals surface area contributed by atoms with E-state index in [0.717, 1.165) is 46.8 Å². The van der Waals surface area contributed by atoms with Gasteiger partial charge in [0, 0.05) is 12.1 Å². The summed E-state index contributed by atoms with van der Waals surface area (Å²) in [6.45, 7) is 8.76. The van der Waals surface area contributed by atoms with Gasteiger partial charge in [-0.3, -0.25) is 4.79 Å². The first kappa shape index (κ1) is 22.2. The van der Waals surface area contributed by atoms with Crippen LogP contribution in [0, 0.1) is 13.8 Å². The number of thioether (sulfide) groups is 1. The van der Waals surface area contributed by atoms with Crippen molar-refractivity contribution in [2.24, 2.45) is 0 Å². The van der Waals surface area contributed by atoms with Crippen LogP contribution in [0.4, 0.5) is 5.69 Å². The van der Waals surface area contributed by atoms with Gasteiger partial charge in [-0.1, -0.05) is 43.0 Å². The lowest BCUT2D eigenvalue weighted by Crippen LogP contribution is -2.41. The predicted molar refractivity (Wildman–Crippen MR) is 128 cm³/mol. The number of nitrogens with one attached hydrogen (secondary N) is 2. The van der Waals surface area contributed by atoms with Gasteiger partial charge < -0.3 is 15.5 Å². The topological polar surface area (TPSA) is 81.1 Å². The zero-order valence-electron chi connectivity index (χ0n) is 18.9. The van der Waals surface area contributed by atoms with E-state index in [9.17, 15) is 4.79 Å². The maximum Gasteiger partial charge on any atom is 0.240 e. The number of ether oxygens (including phenoxy) is 1. The van der Waals surface area contributed by atoms with Gasteiger partial charge in [-0.15, -0.1) is 10.2 Å². The summed E-state index contributed by atoms with van der Waals surface area (Å²) >= 11 is 1.44. The largest absolute Gasteiger partial charge is 0.494 e. The summed E-state index contributed by atoms with van der Waals surface area (Å²) in [6, 6.07) is 13.6. The van der Waals surface area contributed by atoms with Crippen molar-refractivity contribution in [2.75, 3.05) is 17.3 Å². The molecule has 8 heteroatoms. The van der Waals surface area contributed by atoms with Crippen LogP contribution in [0.25, 0.3) is 0 Å². The van der Waals surface area contributed by atoms with Crippen LogP contribution in [0.1, 0.15) is 48.8 Å². The molecule has 1 aliphatic heterocycles. The van der Waals surface area contributed by atoms with Crippen LogP contribution in [0.15, 0.2) is 47.6 Å².